The molecule has 0 amide bonds. The molecule has 0 unspecified atom stereocenters. The Kier molecular flexibility index (Phi) is 18.2. The molecule has 0 saturated heterocycles. The van der Waals surface area contributed by atoms with E-state index in [1.54, 1.807) is 0 Å². The molecule has 0 radical (unpaired) electrons. The molecule has 0 fully saturated rings. The van der Waals surface area contributed by atoms with Crippen molar-refractivity contribution in [2.75, 3.05) is 13.2 Å². The standard InChI is InChI=1S/C23H46O2/c1-3-4-5-6-7-8-9-10-11-12-13-14-15-16-17-18-23(2,19-21-24)20-22-25/h10-11,24-25H,3-9,12-22H2,1-2H3/b11-10-. The molecular formula is C23H46O2. The number of aliphatic hydroxyl groups is 2. The molecule has 2 heteroatoms. The van der Waals surface area contributed by atoms with Crippen molar-refractivity contribution in [3.05, 3.63) is 12.2 Å². The van der Waals surface area contributed by atoms with Crippen LogP contribution in [0.3, 0.4) is 0 Å². The second kappa shape index (κ2) is 18.5. The third-order valence-corrected chi connectivity index (χ3v) is 5.47. The largest absolute Gasteiger partial charge is 0.396 e. The van der Waals surface area contributed by atoms with Gasteiger partial charge in [0.05, 0.1) is 0 Å². The maximum absolute atomic E-state index is 9.17. The van der Waals surface area contributed by atoms with Gasteiger partial charge in [0, 0.05) is 13.2 Å². The molecule has 0 aliphatic carbocycles. The summed E-state index contributed by atoms with van der Waals surface area (Å²) in [4.78, 5) is 0. The van der Waals surface area contributed by atoms with Gasteiger partial charge in [0.1, 0.15) is 0 Å². The topological polar surface area (TPSA) is 40.5 Å². The SMILES string of the molecule is CCCCCCCC/C=C\CCCCCCCC(C)(CCO)CCO. The Bertz CT molecular complexity index is 280. The summed E-state index contributed by atoms with van der Waals surface area (Å²) in [7, 11) is 0. The first-order valence-corrected chi connectivity index (χ1v) is 11.1. The highest BCUT2D eigenvalue weighted by molar-refractivity contribution is 4.81. The van der Waals surface area contributed by atoms with Crippen LogP contribution in [0.2, 0.25) is 0 Å². The molecule has 150 valence electrons. The predicted molar refractivity (Wildman–Crippen MR) is 111 cm³/mol. The number of hydrogen-bond donors (Lipinski definition) is 2. The lowest BCUT2D eigenvalue weighted by molar-refractivity contribution is 0.137. The zero-order chi connectivity index (χ0) is 18.6. The lowest BCUT2D eigenvalue weighted by Crippen LogP contribution is -2.19. The molecule has 25 heavy (non-hydrogen) atoms. The zero-order valence-electron chi connectivity index (χ0n) is 17.3. The Morgan fingerprint density at radius 3 is 1.52 bits per heavy atom. The first-order valence-electron chi connectivity index (χ1n) is 11.1. The van der Waals surface area contributed by atoms with Gasteiger partial charge in [0.25, 0.3) is 0 Å². The van der Waals surface area contributed by atoms with Gasteiger partial charge in [-0.15, -0.1) is 0 Å². The lowest BCUT2D eigenvalue weighted by atomic mass is 9.79. The molecule has 0 aliphatic rings. The van der Waals surface area contributed by atoms with E-state index in [0.717, 1.165) is 19.3 Å². The van der Waals surface area contributed by atoms with Gasteiger partial charge in [0.15, 0.2) is 0 Å². The average Bonchev–Trinajstić information content (AvgIpc) is 2.59. The third kappa shape index (κ3) is 16.9. The van der Waals surface area contributed by atoms with Crippen LogP contribution >= 0.6 is 0 Å². The van der Waals surface area contributed by atoms with Crippen molar-refractivity contribution in [1.29, 1.82) is 0 Å². The monoisotopic (exact) mass is 354 g/mol. The normalized spacial score (nSPS) is 12.3. The van der Waals surface area contributed by atoms with Gasteiger partial charge in [-0.3, -0.25) is 0 Å². The van der Waals surface area contributed by atoms with Gasteiger partial charge in [-0.25, -0.2) is 0 Å². The van der Waals surface area contributed by atoms with Gasteiger partial charge in [-0.05, 0) is 50.4 Å². The molecule has 0 bridgehead atoms. The number of unbranched alkanes of at least 4 members (excludes halogenated alkanes) is 11. The van der Waals surface area contributed by atoms with Crippen LogP contribution in [0.5, 0.6) is 0 Å². The molecule has 0 rings (SSSR count). The van der Waals surface area contributed by atoms with Crippen molar-refractivity contribution < 1.29 is 10.2 Å². The summed E-state index contributed by atoms with van der Waals surface area (Å²) >= 11 is 0. The van der Waals surface area contributed by atoms with Crippen LogP contribution in [-0.2, 0) is 0 Å². The fraction of sp³-hybridized carbons (Fsp3) is 0.913. The molecule has 2 nitrogen and oxygen atoms in total. The second-order valence-corrected chi connectivity index (χ2v) is 8.09. The van der Waals surface area contributed by atoms with Gasteiger partial charge in [-0.1, -0.05) is 83.8 Å². The first-order chi connectivity index (χ1) is 12.2. The van der Waals surface area contributed by atoms with Crippen LogP contribution in [0.1, 0.15) is 117 Å². The summed E-state index contributed by atoms with van der Waals surface area (Å²) in [5, 5.41) is 18.3. The highest BCUT2D eigenvalue weighted by atomic mass is 16.3. The van der Waals surface area contributed by atoms with Gasteiger partial charge >= 0.3 is 0 Å². The molecule has 0 atom stereocenters. The minimum atomic E-state index is 0.128. The molecule has 0 aromatic carbocycles. The van der Waals surface area contributed by atoms with E-state index in [1.165, 1.54) is 83.5 Å². The molecule has 0 aromatic rings. The van der Waals surface area contributed by atoms with E-state index in [1.807, 2.05) is 0 Å². The first kappa shape index (κ1) is 24.7. The van der Waals surface area contributed by atoms with Gasteiger partial charge in [0.2, 0.25) is 0 Å². The molecule has 0 spiro atoms. The van der Waals surface area contributed by atoms with Crippen LogP contribution < -0.4 is 0 Å². The highest BCUT2D eigenvalue weighted by Crippen LogP contribution is 2.32. The van der Waals surface area contributed by atoms with Crippen LogP contribution in [0.4, 0.5) is 0 Å². The van der Waals surface area contributed by atoms with E-state index < -0.39 is 0 Å². The predicted octanol–water partition coefficient (Wildman–Crippen LogP) is 6.80. The van der Waals surface area contributed by atoms with E-state index in [4.69, 9.17) is 10.2 Å². The van der Waals surface area contributed by atoms with Crippen molar-refractivity contribution >= 4 is 0 Å². The van der Waals surface area contributed by atoms with Crippen molar-refractivity contribution in [3.63, 3.8) is 0 Å². The smallest absolute Gasteiger partial charge is 0.0436 e. The number of allylic oxidation sites excluding steroid dienone is 2. The van der Waals surface area contributed by atoms with Gasteiger partial charge < -0.3 is 10.2 Å². The second-order valence-electron chi connectivity index (χ2n) is 8.09. The van der Waals surface area contributed by atoms with E-state index in [-0.39, 0.29) is 18.6 Å². The Labute approximate surface area is 158 Å². The minimum Gasteiger partial charge on any atom is -0.396 e. The molecule has 2 N–H and O–H groups in total. The van der Waals surface area contributed by atoms with E-state index in [9.17, 15) is 0 Å². The molecule has 0 aliphatic heterocycles. The van der Waals surface area contributed by atoms with Crippen molar-refractivity contribution in [1.82, 2.24) is 0 Å². The average molecular weight is 355 g/mol. The Balaban J connectivity index is 3.39. The Hall–Kier alpha value is -0.340. The zero-order valence-corrected chi connectivity index (χ0v) is 17.3. The molecule has 0 aromatic heterocycles. The highest BCUT2D eigenvalue weighted by Gasteiger charge is 2.22. The summed E-state index contributed by atoms with van der Waals surface area (Å²) in [6.07, 6.45) is 24.8. The van der Waals surface area contributed by atoms with Crippen molar-refractivity contribution in [2.45, 2.75) is 117 Å². The van der Waals surface area contributed by atoms with E-state index >= 15 is 0 Å². The maximum atomic E-state index is 9.17. The van der Waals surface area contributed by atoms with E-state index in [2.05, 4.69) is 26.0 Å². The summed E-state index contributed by atoms with van der Waals surface area (Å²) in [6.45, 7) is 4.95. The summed E-state index contributed by atoms with van der Waals surface area (Å²) in [5.74, 6) is 0. The summed E-state index contributed by atoms with van der Waals surface area (Å²) in [5.41, 5.74) is 0.128. The van der Waals surface area contributed by atoms with Crippen LogP contribution in [0.25, 0.3) is 0 Å². The van der Waals surface area contributed by atoms with Gasteiger partial charge in [-0.2, -0.15) is 0 Å². The number of rotatable bonds is 19. The minimum absolute atomic E-state index is 0.128. The Morgan fingerprint density at radius 1 is 0.600 bits per heavy atom. The summed E-state index contributed by atoms with van der Waals surface area (Å²) < 4.78 is 0. The van der Waals surface area contributed by atoms with Crippen molar-refractivity contribution in [3.8, 4) is 0 Å². The molecular weight excluding hydrogens is 308 g/mol. The van der Waals surface area contributed by atoms with Crippen LogP contribution in [0.15, 0.2) is 12.2 Å². The molecule has 0 saturated carbocycles. The quantitative estimate of drug-likeness (QED) is 0.198. The van der Waals surface area contributed by atoms with Crippen molar-refractivity contribution in [2.24, 2.45) is 5.41 Å². The number of aliphatic hydroxyl groups excluding tert-OH is 2. The molecule has 0 heterocycles. The van der Waals surface area contributed by atoms with Crippen LogP contribution in [-0.4, -0.2) is 23.4 Å². The fourth-order valence-corrected chi connectivity index (χ4v) is 3.54. The number of hydrogen-bond acceptors (Lipinski definition) is 2. The van der Waals surface area contributed by atoms with E-state index in [0.29, 0.717) is 0 Å². The van der Waals surface area contributed by atoms with Crippen LogP contribution in [0, 0.1) is 5.41 Å². The fourth-order valence-electron chi connectivity index (χ4n) is 3.54. The summed E-state index contributed by atoms with van der Waals surface area (Å²) in [6, 6.07) is 0. The maximum Gasteiger partial charge on any atom is 0.0436 e. The Morgan fingerprint density at radius 2 is 1.04 bits per heavy atom. The lowest BCUT2D eigenvalue weighted by Gasteiger charge is -2.28. The third-order valence-electron chi connectivity index (χ3n) is 5.47.